The number of rotatable bonds is 4. The van der Waals surface area contributed by atoms with E-state index in [4.69, 9.17) is 0 Å². The first kappa shape index (κ1) is 16.5. The fourth-order valence-corrected chi connectivity index (χ4v) is 3.85. The Hall–Kier alpha value is -2.92. The zero-order valence-corrected chi connectivity index (χ0v) is 15.5. The van der Waals surface area contributed by atoms with Crippen LogP contribution in [0.25, 0.3) is 16.2 Å². The summed E-state index contributed by atoms with van der Waals surface area (Å²) in [6.07, 6.45) is 2.40. The highest BCUT2D eigenvalue weighted by molar-refractivity contribution is 7.15. The monoisotopic (exact) mass is 361 g/mol. The predicted octanol–water partition coefficient (Wildman–Crippen LogP) is 4.86. The first-order valence-electron chi connectivity index (χ1n) is 8.47. The van der Waals surface area contributed by atoms with Crippen LogP contribution in [0.4, 0.5) is 5.69 Å². The molecule has 4 nitrogen and oxygen atoms in total. The van der Waals surface area contributed by atoms with Crippen molar-refractivity contribution in [3.63, 3.8) is 0 Å². The van der Waals surface area contributed by atoms with Crippen molar-refractivity contribution in [2.24, 2.45) is 0 Å². The average Bonchev–Trinajstić information content (AvgIpc) is 3.17. The topological polar surface area (TPSA) is 46.4 Å². The molecule has 0 radical (unpaired) electrons. The number of nitrogens with one attached hydrogen (secondary N) is 1. The van der Waals surface area contributed by atoms with Gasteiger partial charge in [-0.05, 0) is 31.5 Å². The van der Waals surface area contributed by atoms with Crippen LogP contribution in [0.5, 0.6) is 0 Å². The van der Waals surface area contributed by atoms with E-state index in [0.29, 0.717) is 6.42 Å². The molecule has 1 N–H and O–H groups in total. The third kappa shape index (κ3) is 3.39. The van der Waals surface area contributed by atoms with E-state index in [-0.39, 0.29) is 5.91 Å². The largest absolute Gasteiger partial charge is 0.326 e. The Morgan fingerprint density at radius 1 is 1.15 bits per heavy atom. The van der Waals surface area contributed by atoms with Crippen molar-refractivity contribution in [2.45, 2.75) is 20.3 Å². The fraction of sp³-hybridized carbons (Fsp3) is 0.143. The summed E-state index contributed by atoms with van der Waals surface area (Å²) >= 11 is 1.63. The zero-order valence-electron chi connectivity index (χ0n) is 14.7. The van der Waals surface area contributed by atoms with Crippen LogP contribution in [0.1, 0.15) is 16.8 Å². The third-order valence-electron chi connectivity index (χ3n) is 4.28. The Balaban J connectivity index is 1.52. The van der Waals surface area contributed by atoms with Crippen molar-refractivity contribution in [2.75, 3.05) is 5.32 Å². The number of nitrogens with zero attached hydrogens (tertiary/aromatic N) is 2. The standard InChI is InChI=1S/C21H19N3OS/c1-14-5-3-6-16(9-14)10-20(25)22-18-8-4-7-17(11-18)19-12-24-15(2)13-26-21(24)23-19/h3-9,11-13H,10H2,1-2H3,(H,22,25). The molecule has 5 heteroatoms. The molecule has 4 rings (SSSR count). The quantitative estimate of drug-likeness (QED) is 0.564. The van der Waals surface area contributed by atoms with Gasteiger partial charge in [0.15, 0.2) is 4.96 Å². The number of benzene rings is 2. The van der Waals surface area contributed by atoms with Gasteiger partial charge in [0.05, 0.1) is 12.1 Å². The molecule has 0 unspecified atom stereocenters. The number of aryl methyl sites for hydroxylation is 2. The second-order valence-corrected chi connectivity index (χ2v) is 7.29. The van der Waals surface area contributed by atoms with Crippen molar-refractivity contribution >= 4 is 27.9 Å². The summed E-state index contributed by atoms with van der Waals surface area (Å²) in [5.41, 5.74) is 6.04. The van der Waals surface area contributed by atoms with Crippen molar-refractivity contribution in [3.05, 3.63) is 76.9 Å². The van der Waals surface area contributed by atoms with Gasteiger partial charge in [0, 0.05) is 28.5 Å². The maximum absolute atomic E-state index is 12.4. The molecule has 2 aromatic heterocycles. The van der Waals surface area contributed by atoms with Crippen LogP contribution in [0.15, 0.2) is 60.1 Å². The lowest BCUT2D eigenvalue weighted by molar-refractivity contribution is -0.115. The molecule has 0 fully saturated rings. The van der Waals surface area contributed by atoms with Crippen LogP contribution in [0, 0.1) is 13.8 Å². The Morgan fingerprint density at radius 2 is 2.00 bits per heavy atom. The summed E-state index contributed by atoms with van der Waals surface area (Å²) in [4.78, 5) is 18.0. The van der Waals surface area contributed by atoms with E-state index < -0.39 is 0 Å². The maximum atomic E-state index is 12.4. The molecule has 0 aliphatic carbocycles. The highest BCUT2D eigenvalue weighted by atomic mass is 32.1. The molecule has 0 saturated heterocycles. The number of imidazole rings is 1. The molecular formula is C21H19N3OS. The van der Waals surface area contributed by atoms with Crippen LogP contribution in [-0.2, 0) is 11.2 Å². The van der Waals surface area contributed by atoms with Gasteiger partial charge in [0.1, 0.15) is 0 Å². The molecule has 0 aliphatic rings. The van der Waals surface area contributed by atoms with E-state index in [9.17, 15) is 4.79 Å². The Kier molecular flexibility index (Phi) is 4.31. The zero-order chi connectivity index (χ0) is 18.1. The van der Waals surface area contributed by atoms with E-state index in [2.05, 4.69) is 27.0 Å². The number of fused-ring (bicyclic) bond motifs is 1. The Labute approximate surface area is 156 Å². The molecule has 26 heavy (non-hydrogen) atoms. The molecule has 130 valence electrons. The minimum Gasteiger partial charge on any atom is -0.326 e. The first-order valence-corrected chi connectivity index (χ1v) is 9.35. The van der Waals surface area contributed by atoms with Gasteiger partial charge >= 0.3 is 0 Å². The van der Waals surface area contributed by atoms with Gasteiger partial charge in [-0.25, -0.2) is 4.98 Å². The summed E-state index contributed by atoms with van der Waals surface area (Å²) in [5, 5.41) is 5.08. The lowest BCUT2D eigenvalue weighted by Crippen LogP contribution is -2.14. The van der Waals surface area contributed by atoms with Gasteiger partial charge < -0.3 is 5.32 Å². The van der Waals surface area contributed by atoms with E-state index in [1.165, 1.54) is 5.69 Å². The Morgan fingerprint density at radius 3 is 2.81 bits per heavy atom. The molecule has 4 aromatic rings. The highest BCUT2D eigenvalue weighted by Crippen LogP contribution is 2.25. The van der Waals surface area contributed by atoms with Gasteiger partial charge in [-0.3, -0.25) is 9.20 Å². The normalized spacial score (nSPS) is 11.0. The minimum absolute atomic E-state index is 0.0191. The number of thiazole rings is 1. The van der Waals surface area contributed by atoms with E-state index in [1.807, 2.05) is 61.7 Å². The second-order valence-electron chi connectivity index (χ2n) is 6.45. The van der Waals surface area contributed by atoms with Crippen molar-refractivity contribution in [1.82, 2.24) is 9.38 Å². The highest BCUT2D eigenvalue weighted by Gasteiger charge is 2.09. The van der Waals surface area contributed by atoms with E-state index in [0.717, 1.165) is 33.0 Å². The number of hydrogen-bond acceptors (Lipinski definition) is 3. The number of carbonyl (C=O) groups excluding carboxylic acids is 1. The molecule has 0 spiro atoms. The Bertz CT molecular complexity index is 1090. The smallest absolute Gasteiger partial charge is 0.228 e. The van der Waals surface area contributed by atoms with Crippen LogP contribution in [0.3, 0.4) is 0 Å². The third-order valence-corrected chi connectivity index (χ3v) is 5.24. The molecule has 1 amide bonds. The van der Waals surface area contributed by atoms with Gasteiger partial charge in [-0.15, -0.1) is 11.3 Å². The SMILES string of the molecule is Cc1cccc(CC(=O)Nc2cccc(-c3cn4c(C)csc4n3)c2)c1. The summed E-state index contributed by atoms with van der Waals surface area (Å²) in [6, 6.07) is 15.8. The van der Waals surface area contributed by atoms with Crippen molar-refractivity contribution in [1.29, 1.82) is 0 Å². The van der Waals surface area contributed by atoms with E-state index >= 15 is 0 Å². The number of anilines is 1. The molecule has 0 atom stereocenters. The maximum Gasteiger partial charge on any atom is 0.228 e. The van der Waals surface area contributed by atoms with E-state index in [1.54, 1.807) is 11.3 Å². The number of aromatic nitrogens is 2. The molecule has 0 aliphatic heterocycles. The van der Waals surface area contributed by atoms with Crippen LogP contribution in [0.2, 0.25) is 0 Å². The summed E-state index contributed by atoms with van der Waals surface area (Å²) < 4.78 is 2.09. The lowest BCUT2D eigenvalue weighted by Gasteiger charge is -2.07. The number of carbonyl (C=O) groups is 1. The molecule has 2 aromatic carbocycles. The van der Waals surface area contributed by atoms with Gasteiger partial charge in [0.25, 0.3) is 0 Å². The minimum atomic E-state index is -0.0191. The van der Waals surface area contributed by atoms with Crippen LogP contribution >= 0.6 is 11.3 Å². The lowest BCUT2D eigenvalue weighted by atomic mass is 10.1. The van der Waals surface area contributed by atoms with Crippen LogP contribution in [-0.4, -0.2) is 15.3 Å². The molecule has 2 heterocycles. The number of amides is 1. The molecule has 0 bridgehead atoms. The summed E-state index contributed by atoms with van der Waals surface area (Å²) in [7, 11) is 0. The summed E-state index contributed by atoms with van der Waals surface area (Å²) in [5.74, 6) is -0.0191. The predicted molar refractivity (Wildman–Crippen MR) is 107 cm³/mol. The summed E-state index contributed by atoms with van der Waals surface area (Å²) in [6.45, 7) is 4.10. The van der Waals surface area contributed by atoms with Gasteiger partial charge in [-0.2, -0.15) is 0 Å². The second kappa shape index (κ2) is 6.77. The first-order chi connectivity index (χ1) is 12.6. The van der Waals surface area contributed by atoms with Crippen molar-refractivity contribution < 1.29 is 4.79 Å². The van der Waals surface area contributed by atoms with Gasteiger partial charge in [0.2, 0.25) is 5.91 Å². The van der Waals surface area contributed by atoms with Crippen LogP contribution < -0.4 is 5.32 Å². The number of hydrogen-bond donors (Lipinski definition) is 1. The molecular weight excluding hydrogens is 342 g/mol. The van der Waals surface area contributed by atoms with Crippen molar-refractivity contribution in [3.8, 4) is 11.3 Å². The molecule has 0 saturated carbocycles. The average molecular weight is 361 g/mol. The van der Waals surface area contributed by atoms with Gasteiger partial charge in [-0.1, -0.05) is 42.0 Å². The fourth-order valence-electron chi connectivity index (χ4n) is 3.00.